The van der Waals surface area contributed by atoms with Gasteiger partial charge in [-0.1, -0.05) is 40.2 Å². The second-order valence-electron chi connectivity index (χ2n) is 6.08. The van der Waals surface area contributed by atoms with Gasteiger partial charge in [0.2, 0.25) is 0 Å². The molecule has 0 saturated heterocycles. The van der Waals surface area contributed by atoms with E-state index in [1.54, 1.807) is 5.57 Å². The number of allylic oxidation sites excluding steroid dienone is 2. The molecule has 0 spiro atoms. The lowest BCUT2D eigenvalue weighted by Gasteiger charge is -2.32. The lowest BCUT2D eigenvalue weighted by Crippen LogP contribution is -2.13. The smallest absolute Gasteiger partial charge is 0.0786 e. The molecule has 1 aromatic heterocycles. The van der Waals surface area contributed by atoms with Crippen LogP contribution in [-0.2, 0) is 0 Å². The van der Waals surface area contributed by atoms with Crippen LogP contribution in [0.4, 0.5) is 0 Å². The summed E-state index contributed by atoms with van der Waals surface area (Å²) in [6, 6.07) is 15.2. The molecule has 1 unspecified atom stereocenters. The lowest BCUT2D eigenvalue weighted by molar-refractivity contribution is 0.781. The fourth-order valence-corrected chi connectivity index (χ4v) is 4.21. The van der Waals surface area contributed by atoms with Crippen molar-refractivity contribution in [2.24, 2.45) is 0 Å². The largest absolute Gasteiger partial charge is 0.256 e. The fourth-order valence-electron chi connectivity index (χ4n) is 3.94. The second kappa shape index (κ2) is 4.53. The molecule has 3 aromatic rings. The summed E-state index contributed by atoms with van der Waals surface area (Å²) in [4.78, 5) is 4.69. The van der Waals surface area contributed by atoms with Crippen LogP contribution in [0.15, 0.2) is 59.2 Å². The molecule has 2 aromatic carbocycles. The van der Waals surface area contributed by atoms with Gasteiger partial charge in [-0.15, -0.1) is 0 Å². The molecule has 0 bridgehead atoms. The van der Waals surface area contributed by atoms with Crippen LogP contribution in [0.3, 0.4) is 0 Å². The maximum atomic E-state index is 4.69. The Morgan fingerprint density at radius 3 is 2.82 bits per heavy atom. The summed E-state index contributed by atoms with van der Waals surface area (Å²) in [5.41, 5.74) is 8.14. The Bertz CT molecular complexity index is 938. The van der Waals surface area contributed by atoms with Gasteiger partial charge in [0.15, 0.2) is 0 Å². The molecule has 2 heteroatoms. The third-order valence-corrected chi connectivity index (χ3v) is 5.46. The summed E-state index contributed by atoms with van der Waals surface area (Å²) >= 11 is 3.52. The molecular weight excluding hydrogens is 334 g/mol. The molecule has 22 heavy (non-hydrogen) atoms. The number of rotatable bonds is 1. The van der Waals surface area contributed by atoms with Crippen LogP contribution in [-0.4, -0.2) is 4.98 Å². The molecule has 2 aliphatic carbocycles. The van der Waals surface area contributed by atoms with E-state index in [4.69, 9.17) is 4.98 Å². The zero-order chi connectivity index (χ0) is 14.7. The Balaban J connectivity index is 1.84. The van der Waals surface area contributed by atoms with Gasteiger partial charge in [-0.05, 0) is 59.4 Å². The third kappa shape index (κ3) is 1.62. The SMILES string of the molecule is Brc1ccc(-c2cc3c(c4cccnc24)C2=CCCC23)cc1. The number of benzene rings is 2. The van der Waals surface area contributed by atoms with E-state index in [2.05, 4.69) is 64.5 Å². The van der Waals surface area contributed by atoms with Gasteiger partial charge in [-0.3, -0.25) is 4.98 Å². The predicted octanol–water partition coefficient (Wildman–Crippen LogP) is 5.94. The lowest BCUT2D eigenvalue weighted by atomic mass is 9.71. The van der Waals surface area contributed by atoms with Gasteiger partial charge >= 0.3 is 0 Å². The van der Waals surface area contributed by atoms with Crippen molar-refractivity contribution < 1.29 is 0 Å². The normalized spacial score (nSPS) is 18.6. The fraction of sp³-hybridized carbons (Fsp3) is 0.150. The average Bonchev–Trinajstić information content (AvgIpc) is 2.95. The quantitative estimate of drug-likeness (QED) is 0.530. The van der Waals surface area contributed by atoms with Crippen molar-refractivity contribution in [2.45, 2.75) is 18.8 Å². The minimum atomic E-state index is 0.661. The van der Waals surface area contributed by atoms with Crippen molar-refractivity contribution in [3.63, 3.8) is 0 Å². The highest BCUT2D eigenvalue weighted by Gasteiger charge is 2.36. The average molecular weight is 348 g/mol. The summed E-state index contributed by atoms with van der Waals surface area (Å²) in [5.74, 6) is 0.661. The highest BCUT2D eigenvalue weighted by molar-refractivity contribution is 9.10. The zero-order valence-electron chi connectivity index (χ0n) is 12.0. The minimum Gasteiger partial charge on any atom is -0.256 e. The van der Waals surface area contributed by atoms with E-state index in [0.717, 1.165) is 9.99 Å². The van der Waals surface area contributed by atoms with E-state index in [1.807, 2.05) is 6.20 Å². The Morgan fingerprint density at radius 2 is 1.95 bits per heavy atom. The standard InChI is InChI=1S/C20H14BrN/c21-13-8-6-12(7-9-13)17-11-18-14-3-1-4-15(14)19(18)16-5-2-10-22-20(16)17/h2,4-11,14H,1,3H2. The monoisotopic (exact) mass is 347 g/mol. The second-order valence-corrected chi connectivity index (χ2v) is 7.00. The van der Waals surface area contributed by atoms with Crippen LogP contribution < -0.4 is 0 Å². The van der Waals surface area contributed by atoms with Gasteiger partial charge in [-0.25, -0.2) is 0 Å². The van der Waals surface area contributed by atoms with E-state index in [0.29, 0.717) is 5.92 Å². The number of aromatic nitrogens is 1. The molecule has 0 N–H and O–H groups in total. The summed E-state index contributed by atoms with van der Waals surface area (Å²) in [6.45, 7) is 0. The molecule has 0 fully saturated rings. The molecular formula is C20H14BrN. The van der Waals surface area contributed by atoms with Gasteiger partial charge < -0.3 is 0 Å². The summed E-state index contributed by atoms with van der Waals surface area (Å²) in [6.07, 6.45) is 6.80. The number of halogens is 1. The minimum absolute atomic E-state index is 0.661. The molecule has 1 nitrogen and oxygen atoms in total. The molecule has 1 atom stereocenters. The molecule has 0 aliphatic heterocycles. The summed E-state index contributed by atoms with van der Waals surface area (Å²) in [7, 11) is 0. The molecule has 1 heterocycles. The third-order valence-electron chi connectivity index (χ3n) is 4.94. The predicted molar refractivity (Wildman–Crippen MR) is 94.8 cm³/mol. The van der Waals surface area contributed by atoms with Gasteiger partial charge in [0, 0.05) is 27.5 Å². The maximum absolute atomic E-state index is 4.69. The van der Waals surface area contributed by atoms with E-state index in [-0.39, 0.29) is 0 Å². The molecule has 0 saturated carbocycles. The molecule has 2 aliphatic rings. The topological polar surface area (TPSA) is 12.9 Å². The first kappa shape index (κ1) is 12.6. The van der Waals surface area contributed by atoms with Gasteiger partial charge in [-0.2, -0.15) is 0 Å². The van der Waals surface area contributed by atoms with Crippen molar-refractivity contribution in [2.75, 3.05) is 0 Å². The first-order valence-electron chi connectivity index (χ1n) is 7.71. The van der Waals surface area contributed by atoms with E-state index in [9.17, 15) is 0 Å². The van der Waals surface area contributed by atoms with Crippen LogP contribution >= 0.6 is 15.9 Å². The van der Waals surface area contributed by atoms with E-state index >= 15 is 0 Å². The number of fused-ring (bicyclic) bond motifs is 6. The van der Waals surface area contributed by atoms with Crippen LogP contribution in [0.2, 0.25) is 0 Å². The zero-order valence-corrected chi connectivity index (χ0v) is 13.6. The Morgan fingerprint density at radius 1 is 1.09 bits per heavy atom. The van der Waals surface area contributed by atoms with Crippen LogP contribution in [0, 0.1) is 0 Å². The van der Waals surface area contributed by atoms with Crippen molar-refractivity contribution in [1.29, 1.82) is 0 Å². The Kier molecular flexibility index (Phi) is 2.59. The highest BCUT2D eigenvalue weighted by atomic mass is 79.9. The van der Waals surface area contributed by atoms with Crippen molar-refractivity contribution in [1.82, 2.24) is 4.98 Å². The molecule has 5 rings (SSSR count). The van der Waals surface area contributed by atoms with Gasteiger partial charge in [0.25, 0.3) is 0 Å². The molecule has 106 valence electrons. The molecule has 0 amide bonds. The Labute approximate surface area is 137 Å². The number of hydrogen-bond acceptors (Lipinski definition) is 1. The first-order chi connectivity index (χ1) is 10.8. The van der Waals surface area contributed by atoms with E-state index in [1.165, 1.54) is 40.5 Å². The Hall–Kier alpha value is -1.93. The van der Waals surface area contributed by atoms with E-state index < -0.39 is 0 Å². The van der Waals surface area contributed by atoms with Crippen molar-refractivity contribution in [3.8, 4) is 11.1 Å². The first-order valence-corrected chi connectivity index (χ1v) is 8.50. The number of hydrogen-bond donors (Lipinski definition) is 0. The summed E-state index contributed by atoms with van der Waals surface area (Å²) < 4.78 is 1.11. The van der Waals surface area contributed by atoms with Crippen LogP contribution in [0.1, 0.15) is 29.9 Å². The van der Waals surface area contributed by atoms with Crippen molar-refractivity contribution in [3.05, 3.63) is 70.3 Å². The van der Waals surface area contributed by atoms with Crippen LogP contribution in [0.5, 0.6) is 0 Å². The number of pyridine rings is 1. The maximum Gasteiger partial charge on any atom is 0.0786 e. The number of nitrogens with zero attached hydrogens (tertiary/aromatic N) is 1. The summed E-state index contributed by atoms with van der Waals surface area (Å²) in [5, 5.41) is 1.31. The molecule has 0 radical (unpaired) electrons. The highest BCUT2D eigenvalue weighted by Crippen LogP contribution is 2.56. The van der Waals surface area contributed by atoms with Gasteiger partial charge in [0.1, 0.15) is 0 Å². The van der Waals surface area contributed by atoms with Crippen LogP contribution in [0.25, 0.3) is 27.6 Å². The van der Waals surface area contributed by atoms with Crippen molar-refractivity contribution >= 4 is 32.4 Å². The van der Waals surface area contributed by atoms with Gasteiger partial charge in [0.05, 0.1) is 5.52 Å².